The molecule has 2 aromatic carbocycles. The van der Waals surface area contributed by atoms with Gasteiger partial charge in [0.1, 0.15) is 0 Å². The van der Waals surface area contributed by atoms with E-state index < -0.39 is 17.5 Å². The molecule has 0 spiro atoms. The van der Waals surface area contributed by atoms with Gasteiger partial charge < -0.3 is 5.32 Å². The van der Waals surface area contributed by atoms with Crippen LogP contribution in [0.15, 0.2) is 28.7 Å². The molecule has 0 radical (unpaired) electrons. The molecule has 0 heterocycles. The average Bonchev–Trinajstić information content (AvgIpc) is 2.37. The molecule has 0 aliphatic rings. The van der Waals surface area contributed by atoms with Crippen LogP contribution in [0.5, 0.6) is 0 Å². The van der Waals surface area contributed by atoms with Gasteiger partial charge >= 0.3 is 0 Å². The van der Waals surface area contributed by atoms with Gasteiger partial charge in [0.05, 0.1) is 10.6 Å². The Bertz CT molecular complexity index is 711. The molecule has 0 aromatic heterocycles. The minimum absolute atomic E-state index is 0.114. The van der Waals surface area contributed by atoms with E-state index in [9.17, 15) is 13.6 Å². The molecule has 0 fully saturated rings. The first-order valence-corrected chi connectivity index (χ1v) is 7.19. The number of hydrogen-bond acceptors (Lipinski definition) is 1. The first kappa shape index (κ1) is 15.9. The van der Waals surface area contributed by atoms with E-state index in [1.54, 1.807) is 0 Å². The normalized spacial score (nSPS) is 10.6. The van der Waals surface area contributed by atoms with Crippen molar-refractivity contribution >= 4 is 39.1 Å². The Morgan fingerprint density at radius 1 is 1.10 bits per heavy atom. The van der Waals surface area contributed by atoms with Crippen molar-refractivity contribution < 1.29 is 13.6 Å². The van der Waals surface area contributed by atoms with Crippen LogP contribution in [0.4, 0.5) is 14.5 Å². The van der Waals surface area contributed by atoms with E-state index in [1.165, 1.54) is 0 Å². The Morgan fingerprint density at radius 3 is 2.19 bits per heavy atom. The first-order valence-electron chi connectivity index (χ1n) is 6.02. The van der Waals surface area contributed by atoms with Crippen LogP contribution in [-0.4, -0.2) is 5.91 Å². The second-order valence-corrected chi connectivity index (χ2v) is 5.94. The lowest BCUT2D eigenvalue weighted by atomic mass is 10.1. The fraction of sp³-hybridized carbons (Fsp3) is 0.133. The number of anilines is 1. The fourth-order valence-electron chi connectivity index (χ4n) is 1.99. The molecule has 0 saturated heterocycles. The summed E-state index contributed by atoms with van der Waals surface area (Å²) in [5.41, 5.74) is 2.18. The topological polar surface area (TPSA) is 29.1 Å². The second-order valence-electron chi connectivity index (χ2n) is 4.61. The van der Waals surface area contributed by atoms with Crippen molar-refractivity contribution in [2.24, 2.45) is 0 Å². The molecule has 0 bridgehead atoms. The predicted molar refractivity (Wildman–Crippen MR) is 82.9 cm³/mol. The van der Waals surface area contributed by atoms with Crippen molar-refractivity contribution in [1.82, 2.24) is 0 Å². The van der Waals surface area contributed by atoms with Gasteiger partial charge in [-0.3, -0.25) is 4.79 Å². The highest BCUT2D eigenvalue weighted by atomic mass is 79.9. The smallest absolute Gasteiger partial charge is 0.257 e. The third-order valence-corrected chi connectivity index (χ3v) is 3.76. The highest BCUT2D eigenvalue weighted by molar-refractivity contribution is 9.10. The van der Waals surface area contributed by atoms with Gasteiger partial charge in [-0.1, -0.05) is 27.5 Å². The van der Waals surface area contributed by atoms with E-state index in [0.717, 1.165) is 27.7 Å². The maximum absolute atomic E-state index is 13.2. The van der Waals surface area contributed by atoms with E-state index in [-0.39, 0.29) is 10.6 Å². The van der Waals surface area contributed by atoms with E-state index in [4.69, 9.17) is 11.6 Å². The number of hydrogen-bond donors (Lipinski definition) is 1. The number of halogens is 4. The number of amides is 1. The van der Waals surface area contributed by atoms with Crippen molar-refractivity contribution in [3.63, 3.8) is 0 Å². The Kier molecular flexibility index (Phi) is 4.64. The quantitative estimate of drug-likeness (QED) is 0.715. The number of nitrogens with one attached hydrogen (secondary N) is 1. The summed E-state index contributed by atoms with van der Waals surface area (Å²) in [5, 5.41) is 2.54. The van der Waals surface area contributed by atoms with Crippen LogP contribution < -0.4 is 5.32 Å². The van der Waals surface area contributed by atoms with Crippen molar-refractivity contribution in [3.8, 4) is 0 Å². The molecular formula is C15H11BrClF2NO. The summed E-state index contributed by atoms with van der Waals surface area (Å²) in [6.45, 7) is 3.67. The van der Waals surface area contributed by atoms with Crippen LogP contribution in [0, 0.1) is 25.5 Å². The molecule has 0 aliphatic carbocycles. The zero-order valence-corrected chi connectivity index (χ0v) is 13.6. The maximum Gasteiger partial charge on any atom is 0.257 e. The van der Waals surface area contributed by atoms with Gasteiger partial charge in [0.25, 0.3) is 5.91 Å². The zero-order valence-electron chi connectivity index (χ0n) is 11.2. The minimum atomic E-state index is -1.12. The van der Waals surface area contributed by atoms with Gasteiger partial charge in [0.2, 0.25) is 0 Å². The lowest BCUT2D eigenvalue weighted by Gasteiger charge is -2.13. The van der Waals surface area contributed by atoms with Gasteiger partial charge in [-0.15, -0.1) is 0 Å². The number of rotatable bonds is 2. The highest BCUT2D eigenvalue weighted by Gasteiger charge is 2.16. The number of benzene rings is 2. The monoisotopic (exact) mass is 373 g/mol. The van der Waals surface area contributed by atoms with Crippen molar-refractivity contribution in [3.05, 3.63) is 62.1 Å². The van der Waals surface area contributed by atoms with Crippen LogP contribution in [0.25, 0.3) is 0 Å². The molecule has 1 amide bonds. The van der Waals surface area contributed by atoms with E-state index >= 15 is 0 Å². The molecule has 110 valence electrons. The third-order valence-electron chi connectivity index (χ3n) is 2.99. The molecule has 21 heavy (non-hydrogen) atoms. The molecular weight excluding hydrogens is 364 g/mol. The molecule has 2 aromatic rings. The lowest BCUT2D eigenvalue weighted by Crippen LogP contribution is -2.15. The SMILES string of the molecule is Cc1cc(Br)cc(C)c1NC(=O)c1cc(F)c(F)cc1Cl. The fourth-order valence-corrected chi connectivity index (χ4v) is 2.91. The van der Waals surface area contributed by atoms with Crippen LogP contribution in [-0.2, 0) is 0 Å². The Labute approximate surface area is 134 Å². The molecule has 0 unspecified atom stereocenters. The van der Waals surface area contributed by atoms with E-state index in [1.807, 2.05) is 26.0 Å². The Morgan fingerprint density at radius 2 is 1.62 bits per heavy atom. The molecule has 2 nitrogen and oxygen atoms in total. The minimum Gasteiger partial charge on any atom is -0.321 e. The summed E-state index contributed by atoms with van der Waals surface area (Å²) in [6.07, 6.45) is 0. The average molecular weight is 375 g/mol. The van der Waals surface area contributed by atoms with Gasteiger partial charge in [-0.05, 0) is 49.2 Å². The Hall–Kier alpha value is -1.46. The first-order chi connectivity index (χ1) is 9.79. The number of carbonyl (C=O) groups excluding carboxylic acids is 1. The number of aryl methyl sites for hydroxylation is 2. The summed E-state index contributed by atoms with van der Waals surface area (Å²) < 4.78 is 27.2. The van der Waals surface area contributed by atoms with Crippen LogP contribution in [0.2, 0.25) is 5.02 Å². The zero-order chi connectivity index (χ0) is 15.7. The predicted octanol–water partition coefficient (Wildman–Crippen LogP) is 5.25. The Balaban J connectivity index is 2.37. The molecule has 2 rings (SSSR count). The van der Waals surface area contributed by atoms with Crippen LogP contribution >= 0.6 is 27.5 Å². The van der Waals surface area contributed by atoms with Crippen LogP contribution in [0.3, 0.4) is 0 Å². The summed E-state index contributed by atoms with van der Waals surface area (Å²) in [7, 11) is 0. The van der Waals surface area contributed by atoms with E-state index in [2.05, 4.69) is 21.2 Å². The summed E-state index contributed by atoms with van der Waals surface area (Å²) in [5.74, 6) is -2.80. The molecule has 6 heteroatoms. The van der Waals surface area contributed by atoms with Gasteiger partial charge in [0, 0.05) is 10.2 Å². The summed E-state index contributed by atoms with van der Waals surface area (Å²) >= 11 is 9.15. The van der Waals surface area contributed by atoms with E-state index in [0.29, 0.717) is 5.69 Å². The van der Waals surface area contributed by atoms with Gasteiger partial charge in [-0.25, -0.2) is 8.78 Å². The van der Waals surface area contributed by atoms with Crippen molar-refractivity contribution in [2.75, 3.05) is 5.32 Å². The maximum atomic E-state index is 13.2. The van der Waals surface area contributed by atoms with Crippen molar-refractivity contribution in [2.45, 2.75) is 13.8 Å². The largest absolute Gasteiger partial charge is 0.321 e. The molecule has 0 atom stereocenters. The summed E-state index contributed by atoms with van der Waals surface area (Å²) in [4.78, 5) is 12.2. The van der Waals surface area contributed by atoms with Crippen molar-refractivity contribution in [1.29, 1.82) is 0 Å². The molecule has 0 aliphatic heterocycles. The lowest BCUT2D eigenvalue weighted by molar-refractivity contribution is 0.102. The molecule has 1 N–H and O–H groups in total. The van der Waals surface area contributed by atoms with Gasteiger partial charge in [0.15, 0.2) is 11.6 Å². The molecule has 0 saturated carbocycles. The summed E-state index contributed by atoms with van der Waals surface area (Å²) in [6, 6.07) is 5.26. The third kappa shape index (κ3) is 3.41. The highest BCUT2D eigenvalue weighted by Crippen LogP contribution is 2.27. The van der Waals surface area contributed by atoms with Crippen LogP contribution in [0.1, 0.15) is 21.5 Å². The second kappa shape index (κ2) is 6.12. The number of carbonyl (C=O) groups is 1. The van der Waals surface area contributed by atoms with Gasteiger partial charge in [-0.2, -0.15) is 0 Å². The standard InChI is InChI=1S/C15H11BrClF2NO/c1-7-3-9(16)4-8(2)14(7)20-15(21)10-5-12(18)13(19)6-11(10)17/h3-6H,1-2H3,(H,20,21).